The summed E-state index contributed by atoms with van der Waals surface area (Å²) in [5.41, 5.74) is 0.960. The number of nitrogens with zero attached hydrogens (tertiary/aromatic N) is 3. The van der Waals surface area contributed by atoms with Gasteiger partial charge in [-0.3, -0.25) is 14.5 Å². The van der Waals surface area contributed by atoms with Crippen molar-refractivity contribution in [3.8, 4) is 5.75 Å². The molecule has 2 aliphatic heterocycles. The molecule has 2 atom stereocenters. The van der Waals surface area contributed by atoms with Crippen molar-refractivity contribution in [2.75, 3.05) is 50.8 Å². The van der Waals surface area contributed by atoms with Crippen LogP contribution in [0, 0.1) is 0 Å². The molecule has 32 heavy (non-hydrogen) atoms. The second-order valence-electron chi connectivity index (χ2n) is 8.52. The highest BCUT2D eigenvalue weighted by molar-refractivity contribution is 5.78. The smallest absolute Gasteiger partial charge is 0.260 e. The first-order valence-corrected chi connectivity index (χ1v) is 11.2. The molecule has 8 nitrogen and oxygen atoms in total. The monoisotopic (exact) mass is 441 g/mol. The lowest BCUT2D eigenvalue weighted by Crippen LogP contribution is -2.49. The minimum absolute atomic E-state index is 0.0124. The van der Waals surface area contributed by atoms with Crippen LogP contribution >= 0.6 is 0 Å². The fourth-order valence-corrected chi connectivity index (χ4v) is 4.26. The number of carbonyl (C=O) groups excluding carboxylic acids is 1. The Hall–Kier alpha value is -2.84. The van der Waals surface area contributed by atoms with Crippen LogP contribution in [0.1, 0.15) is 19.6 Å². The van der Waals surface area contributed by atoms with Gasteiger partial charge in [0.1, 0.15) is 12.0 Å². The minimum Gasteiger partial charge on any atom is -0.477 e. The van der Waals surface area contributed by atoms with E-state index in [1.807, 2.05) is 19.9 Å². The number of hydrogen-bond acceptors (Lipinski definition) is 7. The third-order valence-corrected chi connectivity index (χ3v) is 5.85. The van der Waals surface area contributed by atoms with Gasteiger partial charge in [-0.1, -0.05) is 18.2 Å². The van der Waals surface area contributed by atoms with E-state index >= 15 is 0 Å². The van der Waals surface area contributed by atoms with Gasteiger partial charge in [0, 0.05) is 51.0 Å². The Kier molecular flexibility index (Phi) is 7.12. The molecule has 2 fully saturated rings. The van der Waals surface area contributed by atoms with Crippen molar-refractivity contribution in [3.05, 3.63) is 58.6 Å². The van der Waals surface area contributed by atoms with E-state index in [0.717, 1.165) is 26.2 Å². The quantitative estimate of drug-likeness (QED) is 0.679. The molecule has 0 spiro atoms. The van der Waals surface area contributed by atoms with Gasteiger partial charge < -0.3 is 23.7 Å². The molecule has 172 valence electrons. The van der Waals surface area contributed by atoms with Crippen molar-refractivity contribution in [3.63, 3.8) is 0 Å². The standard InChI is InChI=1S/C24H31N3O5/c1-18-13-27(14-19(2)32-18)24(29)17-31-23-16-30-21(12-22(23)28)15-25-8-10-26(11-9-25)20-6-4-3-5-7-20/h3-7,12,16,18-19H,8-11,13-15,17H2,1-2H3. The molecule has 1 aromatic carbocycles. The van der Waals surface area contributed by atoms with Crippen molar-refractivity contribution in [2.24, 2.45) is 0 Å². The average Bonchev–Trinajstić information content (AvgIpc) is 2.79. The number of ether oxygens (including phenoxy) is 2. The molecule has 8 heteroatoms. The van der Waals surface area contributed by atoms with Gasteiger partial charge in [0.25, 0.3) is 5.91 Å². The Balaban J connectivity index is 1.26. The Morgan fingerprint density at radius 1 is 1.06 bits per heavy atom. The lowest BCUT2D eigenvalue weighted by molar-refractivity contribution is -0.145. The first-order valence-electron chi connectivity index (χ1n) is 11.2. The van der Waals surface area contributed by atoms with Crippen LogP contribution in [0.3, 0.4) is 0 Å². The van der Waals surface area contributed by atoms with E-state index in [-0.39, 0.29) is 35.9 Å². The molecule has 3 heterocycles. The molecular weight excluding hydrogens is 410 g/mol. The van der Waals surface area contributed by atoms with Gasteiger partial charge in [-0.15, -0.1) is 0 Å². The van der Waals surface area contributed by atoms with E-state index in [4.69, 9.17) is 13.9 Å². The van der Waals surface area contributed by atoms with Crippen LogP contribution in [0.4, 0.5) is 5.69 Å². The predicted molar refractivity (Wildman–Crippen MR) is 121 cm³/mol. The molecule has 0 radical (unpaired) electrons. The van der Waals surface area contributed by atoms with Crippen molar-refractivity contribution < 1.29 is 18.7 Å². The van der Waals surface area contributed by atoms with Crippen LogP contribution in [0.5, 0.6) is 5.75 Å². The molecule has 2 unspecified atom stereocenters. The van der Waals surface area contributed by atoms with Crippen molar-refractivity contribution >= 4 is 11.6 Å². The molecule has 4 rings (SSSR count). The number of piperazine rings is 1. The molecule has 1 amide bonds. The molecule has 0 bridgehead atoms. The van der Waals surface area contributed by atoms with Crippen molar-refractivity contribution in [2.45, 2.75) is 32.6 Å². The third kappa shape index (κ3) is 5.69. The summed E-state index contributed by atoms with van der Waals surface area (Å²) >= 11 is 0. The lowest BCUT2D eigenvalue weighted by atomic mass is 10.2. The summed E-state index contributed by atoms with van der Waals surface area (Å²) in [6, 6.07) is 11.8. The molecule has 2 aliphatic rings. The van der Waals surface area contributed by atoms with Gasteiger partial charge in [-0.05, 0) is 26.0 Å². The summed E-state index contributed by atoms with van der Waals surface area (Å²) in [5, 5.41) is 0. The maximum atomic E-state index is 12.5. The van der Waals surface area contributed by atoms with Crippen LogP contribution in [0.15, 0.2) is 51.9 Å². The fourth-order valence-electron chi connectivity index (χ4n) is 4.26. The normalized spacial score (nSPS) is 22.1. The summed E-state index contributed by atoms with van der Waals surface area (Å²) in [5.74, 6) is 0.495. The zero-order valence-electron chi connectivity index (χ0n) is 18.7. The first-order chi connectivity index (χ1) is 15.5. The van der Waals surface area contributed by atoms with Crippen LogP contribution in [0.2, 0.25) is 0 Å². The molecule has 2 saturated heterocycles. The third-order valence-electron chi connectivity index (χ3n) is 5.85. The topological polar surface area (TPSA) is 75.5 Å². The molecule has 0 saturated carbocycles. The zero-order chi connectivity index (χ0) is 22.5. The number of para-hydroxylation sites is 1. The van der Waals surface area contributed by atoms with E-state index < -0.39 is 0 Å². The van der Waals surface area contributed by atoms with E-state index in [2.05, 4.69) is 34.1 Å². The second kappa shape index (κ2) is 10.2. The molecule has 0 aliphatic carbocycles. The van der Waals surface area contributed by atoms with Gasteiger partial charge in [0.05, 0.1) is 18.8 Å². The maximum absolute atomic E-state index is 12.5. The lowest BCUT2D eigenvalue weighted by Gasteiger charge is -2.35. The maximum Gasteiger partial charge on any atom is 0.260 e. The van der Waals surface area contributed by atoms with Gasteiger partial charge >= 0.3 is 0 Å². The number of anilines is 1. The Morgan fingerprint density at radius 2 is 1.75 bits per heavy atom. The van der Waals surface area contributed by atoms with E-state index in [9.17, 15) is 9.59 Å². The van der Waals surface area contributed by atoms with Crippen LogP contribution in [0.25, 0.3) is 0 Å². The molecule has 2 aromatic rings. The summed E-state index contributed by atoms with van der Waals surface area (Å²) in [7, 11) is 0. The van der Waals surface area contributed by atoms with E-state index in [0.29, 0.717) is 25.4 Å². The minimum atomic E-state index is -0.273. The molecule has 0 N–H and O–H groups in total. The summed E-state index contributed by atoms with van der Waals surface area (Å²) in [6.45, 7) is 8.94. The largest absolute Gasteiger partial charge is 0.477 e. The number of rotatable bonds is 6. The predicted octanol–water partition coefficient (Wildman–Crippen LogP) is 1.98. The second-order valence-corrected chi connectivity index (χ2v) is 8.52. The van der Waals surface area contributed by atoms with Gasteiger partial charge in [0.15, 0.2) is 6.61 Å². The number of hydrogen-bond donors (Lipinski definition) is 0. The van der Waals surface area contributed by atoms with E-state index in [1.54, 1.807) is 4.90 Å². The molecular formula is C24H31N3O5. The van der Waals surface area contributed by atoms with Gasteiger partial charge in [-0.25, -0.2) is 0 Å². The number of carbonyl (C=O) groups is 1. The molecule has 1 aromatic heterocycles. The summed E-state index contributed by atoms with van der Waals surface area (Å²) < 4.78 is 16.8. The van der Waals surface area contributed by atoms with Crippen molar-refractivity contribution in [1.29, 1.82) is 0 Å². The summed E-state index contributed by atoms with van der Waals surface area (Å²) in [6.07, 6.45) is 1.29. The number of benzene rings is 1. The zero-order valence-corrected chi connectivity index (χ0v) is 18.7. The number of morpholine rings is 1. The fraction of sp³-hybridized carbons (Fsp3) is 0.500. The Morgan fingerprint density at radius 3 is 2.41 bits per heavy atom. The Bertz CT molecular complexity index is 946. The van der Waals surface area contributed by atoms with Crippen LogP contribution in [-0.2, 0) is 16.1 Å². The average molecular weight is 442 g/mol. The van der Waals surface area contributed by atoms with Crippen LogP contribution in [-0.4, -0.2) is 73.8 Å². The number of amides is 1. The highest BCUT2D eigenvalue weighted by atomic mass is 16.5. The highest BCUT2D eigenvalue weighted by Crippen LogP contribution is 2.17. The highest BCUT2D eigenvalue weighted by Gasteiger charge is 2.26. The Labute approximate surface area is 188 Å². The SMILES string of the molecule is CC1CN(C(=O)COc2coc(CN3CCN(c4ccccc4)CC3)cc2=O)CC(C)O1. The summed E-state index contributed by atoms with van der Waals surface area (Å²) in [4.78, 5) is 31.2. The van der Waals surface area contributed by atoms with Crippen LogP contribution < -0.4 is 15.1 Å². The first kappa shape index (κ1) is 22.4. The van der Waals surface area contributed by atoms with Gasteiger partial charge in [-0.2, -0.15) is 0 Å². The van der Waals surface area contributed by atoms with E-state index in [1.165, 1.54) is 18.0 Å². The van der Waals surface area contributed by atoms with Gasteiger partial charge in [0.2, 0.25) is 11.2 Å². The van der Waals surface area contributed by atoms with Crippen molar-refractivity contribution in [1.82, 2.24) is 9.80 Å².